The minimum atomic E-state index is -0.791. The number of carbonyl (C=O) groups is 4. The number of Topliss-reactive ketones (excluding diaryl/α,β-unsaturated/α-hetero) is 1. The van der Waals surface area contributed by atoms with Gasteiger partial charge >= 0.3 is 11.9 Å². The Bertz CT molecular complexity index is 1170. The summed E-state index contributed by atoms with van der Waals surface area (Å²) in [6.45, 7) is 3.92. The van der Waals surface area contributed by atoms with Crippen molar-refractivity contribution in [2.45, 2.75) is 33.6 Å². The third-order valence-electron chi connectivity index (χ3n) is 4.81. The molecule has 0 aliphatic heterocycles. The van der Waals surface area contributed by atoms with Gasteiger partial charge in [-0.15, -0.1) is 0 Å². The molecule has 0 fully saturated rings. The molecule has 0 saturated heterocycles. The highest BCUT2D eigenvalue weighted by molar-refractivity contribution is 6.10. The van der Waals surface area contributed by atoms with Gasteiger partial charge in [-0.1, -0.05) is 18.2 Å². The molecule has 0 aliphatic carbocycles. The monoisotopic (exact) mass is 440 g/mol. The van der Waals surface area contributed by atoms with Crippen molar-refractivity contribution in [3.05, 3.63) is 52.9 Å². The van der Waals surface area contributed by atoms with Crippen LogP contribution in [0.3, 0.4) is 0 Å². The fourth-order valence-corrected chi connectivity index (χ4v) is 3.41. The molecule has 168 valence electrons. The minimum absolute atomic E-state index is 0.0365. The van der Waals surface area contributed by atoms with Gasteiger partial charge in [0.2, 0.25) is 5.88 Å². The Labute approximate surface area is 184 Å². The quantitative estimate of drug-likeness (QED) is 0.385. The lowest BCUT2D eigenvalue weighted by atomic mass is 10.1. The number of hydrogen-bond acceptors (Lipinski definition) is 7. The second-order valence-electron chi connectivity index (χ2n) is 7.08. The van der Waals surface area contributed by atoms with E-state index in [0.717, 1.165) is 16.5 Å². The third-order valence-corrected chi connectivity index (χ3v) is 4.81. The molecule has 0 unspecified atom stereocenters. The van der Waals surface area contributed by atoms with E-state index in [9.17, 15) is 19.2 Å². The molecule has 0 spiro atoms. The largest absolute Gasteiger partial charge is 0.462 e. The van der Waals surface area contributed by atoms with Crippen molar-refractivity contribution in [3.63, 3.8) is 0 Å². The van der Waals surface area contributed by atoms with Crippen molar-refractivity contribution >= 4 is 40.4 Å². The average Bonchev–Trinajstić information content (AvgIpc) is 3.31. The molecule has 1 amide bonds. The Morgan fingerprint density at radius 3 is 2.56 bits per heavy atom. The fourth-order valence-electron chi connectivity index (χ4n) is 3.41. The van der Waals surface area contributed by atoms with Crippen LogP contribution < -0.4 is 5.32 Å². The van der Waals surface area contributed by atoms with E-state index in [1.54, 1.807) is 6.92 Å². The van der Waals surface area contributed by atoms with Crippen LogP contribution in [-0.4, -0.2) is 41.8 Å². The standard InChI is InChI=1S/C23H24N2O7/c1-4-30-23(29)21-20(13(2)26)14(3)32-22(21)25-18(27)12-31-19(28)10-9-15-11-24-17-8-6-5-7-16(15)17/h5-8,11,24H,4,9-10,12H2,1-3H3,(H,25,27). The summed E-state index contributed by atoms with van der Waals surface area (Å²) >= 11 is 0. The van der Waals surface area contributed by atoms with Crippen molar-refractivity contribution in [2.75, 3.05) is 18.5 Å². The van der Waals surface area contributed by atoms with E-state index in [0.29, 0.717) is 6.42 Å². The van der Waals surface area contributed by atoms with Gasteiger partial charge in [0.05, 0.1) is 12.2 Å². The Balaban J connectivity index is 1.58. The average molecular weight is 440 g/mol. The lowest BCUT2D eigenvalue weighted by Gasteiger charge is -2.07. The fraction of sp³-hybridized carbons (Fsp3) is 0.304. The number of esters is 2. The SMILES string of the molecule is CCOC(=O)c1c(NC(=O)COC(=O)CCc2c[nH]c3ccccc23)oc(C)c1C(C)=O. The number of benzene rings is 1. The van der Waals surface area contributed by atoms with Crippen LogP contribution in [0.5, 0.6) is 0 Å². The van der Waals surface area contributed by atoms with Gasteiger partial charge in [0.15, 0.2) is 12.4 Å². The highest BCUT2D eigenvalue weighted by Gasteiger charge is 2.28. The summed E-state index contributed by atoms with van der Waals surface area (Å²) in [6, 6.07) is 7.74. The number of amides is 1. The van der Waals surface area contributed by atoms with Crippen LogP contribution in [-0.2, 0) is 25.5 Å². The van der Waals surface area contributed by atoms with E-state index in [4.69, 9.17) is 13.9 Å². The van der Waals surface area contributed by atoms with Crippen LogP contribution in [0.4, 0.5) is 5.88 Å². The first-order valence-corrected chi connectivity index (χ1v) is 10.1. The Morgan fingerprint density at radius 1 is 1.09 bits per heavy atom. The number of anilines is 1. The number of para-hydroxylation sites is 1. The van der Waals surface area contributed by atoms with Gasteiger partial charge in [-0.2, -0.15) is 0 Å². The predicted molar refractivity (Wildman–Crippen MR) is 116 cm³/mol. The van der Waals surface area contributed by atoms with Crippen LogP contribution in [0.2, 0.25) is 0 Å². The van der Waals surface area contributed by atoms with E-state index in [1.807, 2.05) is 30.5 Å². The summed E-state index contributed by atoms with van der Waals surface area (Å²) in [6.07, 6.45) is 2.39. The van der Waals surface area contributed by atoms with Crippen molar-refractivity contribution < 1.29 is 33.1 Å². The molecule has 0 radical (unpaired) electrons. The molecule has 1 aromatic carbocycles. The first kappa shape index (κ1) is 22.8. The topological polar surface area (TPSA) is 128 Å². The van der Waals surface area contributed by atoms with Crippen LogP contribution in [0.15, 0.2) is 34.9 Å². The predicted octanol–water partition coefficient (Wildman–Crippen LogP) is 3.56. The van der Waals surface area contributed by atoms with Gasteiger partial charge < -0.3 is 18.9 Å². The number of H-pyrrole nitrogens is 1. The van der Waals surface area contributed by atoms with E-state index in [2.05, 4.69) is 10.3 Å². The summed E-state index contributed by atoms with van der Waals surface area (Å²) in [5, 5.41) is 3.40. The smallest absolute Gasteiger partial charge is 0.344 e. The van der Waals surface area contributed by atoms with Crippen LogP contribution in [0.1, 0.15) is 52.3 Å². The van der Waals surface area contributed by atoms with Gasteiger partial charge in [-0.3, -0.25) is 19.7 Å². The van der Waals surface area contributed by atoms with Gasteiger partial charge in [0.1, 0.15) is 11.3 Å². The molecule has 0 aliphatic rings. The Kier molecular flexibility index (Phi) is 7.09. The molecule has 3 rings (SSSR count). The summed E-state index contributed by atoms with van der Waals surface area (Å²) in [4.78, 5) is 51.7. The molecule has 2 heterocycles. The summed E-state index contributed by atoms with van der Waals surface area (Å²) < 4.78 is 15.4. The van der Waals surface area contributed by atoms with Crippen molar-refractivity contribution in [1.29, 1.82) is 0 Å². The molecule has 2 aromatic heterocycles. The molecule has 32 heavy (non-hydrogen) atoms. The van der Waals surface area contributed by atoms with E-state index in [-0.39, 0.29) is 35.8 Å². The first-order chi connectivity index (χ1) is 15.3. The number of aryl methyl sites for hydroxylation is 2. The molecule has 0 atom stereocenters. The number of rotatable bonds is 9. The van der Waals surface area contributed by atoms with E-state index >= 15 is 0 Å². The maximum Gasteiger partial charge on any atom is 0.344 e. The minimum Gasteiger partial charge on any atom is -0.462 e. The Morgan fingerprint density at radius 2 is 1.84 bits per heavy atom. The summed E-state index contributed by atoms with van der Waals surface area (Å²) in [5.41, 5.74) is 1.83. The number of nitrogens with one attached hydrogen (secondary N) is 2. The van der Waals surface area contributed by atoms with Crippen LogP contribution >= 0.6 is 0 Å². The molecule has 3 aromatic rings. The molecule has 9 heteroatoms. The van der Waals surface area contributed by atoms with Gasteiger partial charge in [0.25, 0.3) is 5.91 Å². The number of fused-ring (bicyclic) bond motifs is 1. The molecule has 0 saturated carbocycles. The third kappa shape index (κ3) is 5.05. The summed E-state index contributed by atoms with van der Waals surface area (Å²) in [7, 11) is 0. The number of ether oxygens (including phenoxy) is 2. The van der Waals surface area contributed by atoms with Gasteiger partial charge in [0, 0.05) is 23.5 Å². The van der Waals surface area contributed by atoms with Gasteiger partial charge in [-0.05, 0) is 38.8 Å². The molecular weight excluding hydrogens is 416 g/mol. The second kappa shape index (κ2) is 9.95. The van der Waals surface area contributed by atoms with Crippen LogP contribution in [0, 0.1) is 6.92 Å². The maximum absolute atomic E-state index is 12.3. The van der Waals surface area contributed by atoms with Crippen molar-refractivity contribution in [3.8, 4) is 0 Å². The zero-order valence-electron chi connectivity index (χ0n) is 18.1. The summed E-state index contributed by atoms with van der Waals surface area (Å²) in [5.74, 6) is -2.49. The molecule has 0 bridgehead atoms. The van der Waals surface area contributed by atoms with E-state index < -0.39 is 30.2 Å². The normalized spacial score (nSPS) is 10.7. The number of carbonyl (C=O) groups excluding carboxylic acids is 4. The molecular formula is C23H24N2O7. The van der Waals surface area contributed by atoms with Gasteiger partial charge in [-0.25, -0.2) is 4.79 Å². The highest BCUT2D eigenvalue weighted by Crippen LogP contribution is 2.28. The van der Waals surface area contributed by atoms with E-state index in [1.165, 1.54) is 13.8 Å². The van der Waals surface area contributed by atoms with Crippen LogP contribution in [0.25, 0.3) is 10.9 Å². The zero-order valence-corrected chi connectivity index (χ0v) is 18.1. The van der Waals surface area contributed by atoms with Crippen molar-refractivity contribution in [2.24, 2.45) is 0 Å². The highest BCUT2D eigenvalue weighted by atomic mass is 16.5. The Hall–Kier alpha value is -3.88. The van der Waals surface area contributed by atoms with Crippen molar-refractivity contribution in [1.82, 2.24) is 4.98 Å². The number of aromatic amines is 1. The lowest BCUT2D eigenvalue weighted by molar-refractivity contribution is -0.147. The number of aromatic nitrogens is 1. The molecule has 2 N–H and O–H groups in total. The lowest BCUT2D eigenvalue weighted by Crippen LogP contribution is -2.22. The second-order valence-corrected chi connectivity index (χ2v) is 7.08. The number of ketones is 1. The zero-order chi connectivity index (χ0) is 23.3. The number of hydrogen-bond donors (Lipinski definition) is 2. The number of furan rings is 1. The maximum atomic E-state index is 12.3. The first-order valence-electron chi connectivity index (χ1n) is 10.1. The molecule has 9 nitrogen and oxygen atoms in total.